The van der Waals surface area contributed by atoms with Gasteiger partial charge in [0.05, 0.1) is 13.2 Å². The molecule has 2 aliphatic rings. The molecular formula is C16H18ClN3O3. The Morgan fingerprint density at radius 3 is 2.74 bits per heavy atom. The first kappa shape index (κ1) is 16.0. The van der Waals surface area contributed by atoms with Crippen LogP contribution < -0.4 is 0 Å². The van der Waals surface area contributed by atoms with E-state index in [4.69, 9.17) is 16.3 Å². The lowest BCUT2D eigenvalue weighted by Gasteiger charge is -2.34. The highest BCUT2D eigenvalue weighted by Gasteiger charge is 2.30. The molecular weight excluding hydrogens is 318 g/mol. The molecule has 122 valence electrons. The number of hydrogen-bond donors (Lipinski definition) is 0. The van der Waals surface area contributed by atoms with Crippen LogP contribution in [0.5, 0.6) is 0 Å². The Bertz CT molecular complexity index is 644. The van der Waals surface area contributed by atoms with Gasteiger partial charge in [-0.2, -0.15) is 5.10 Å². The fourth-order valence-corrected chi connectivity index (χ4v) is 2.85. The molecule has 0 saturated carbocycles. The average molecular weight is 336 g/mol. The number of hydrogen-bond acceptors (Lipinski definition) is 4. The highest BCUT2D eigenvalue weighted by atomic mass is 35.5. The minimum absolute atomic E-state index is 0.0671. The van der Waals surface area contributed by atoms with Crippen molar-refractivity contribution in [2.75, 3.05) is 26.7 Å². The van der Waals surface area contributed by atoms with Crippen molar-refractivity contribution < 1.29 is 14.3 Å². The quantitative estimate of drug-likeness (QED) is 0.828. The number of rotatable bonds is 2. The van der Waals surface area contributed by atoms with Crippen molar-refractivity contribution in [2.45, 2.75) is 18.9 Å². The lowest BCUT2D eigenvalue weighted by Crippen LogP contribution is -2.46. The average Bonchev–Trinajstić information content (AvgIpc) is 2.57. The summed E-state index contributed by atoms with van der Waals surface area (Å²) in [5, 5.41) is 6.01. The van der Waals surface area contributed by atoms with E-state index < -0.39 is 0 Å². The third kappa shape index (κ3) is 3.54. The Morgan fingerprint density at radius 1 is 1.30 bits per heavy atom. The molecule has 1 aromatic carbocycles. The molecule has 2 amide bonds. The summed E-state index contributed by atoms with van der Waals surface area (Å²) in [7, 11) is 1.57. The van der Waals surface area contributed by atoms with Gasteiger partial charge in [-0.1, -0.05) is 23.7 Å². The van der Waals surface area contributed by atoms with E-state index in [1.165, 1.54) is 5.01 Å². The number of carbonyl (C=O) groups excluding carboxylic acids is 2. The van der Waals surface area contributed by atoms with Gasteiger partial charge in [0.2, 0.25) is 5.91 Å². The van der Waals surface area contributed by atoms with Crippen LogP contribution in [0.2, 0.25) is 5.02 Å². The highest BCUT2D eigenvalue weighted by molar-refractivity contribution is 6.39. The van der Waals surface area contributed by atoms with Crippen LogP contribution in [0.3, 0.4) is 0 Å². The summed E-state index contributed by atoms with van der Waals surface area (Å²) in [4.78, 5) is 25.8. The summed E-state index contributed by atoms with van der Waals surface area (Å²) in [6.07, 6.45) is 0.547. The Hall–Kier alpha value is -1.92. The van der Waals surface area contributed by atoms with Crippen LogP contribution in [-0.2, 0) is 14.3 Å². The van der Waals surface area contributed by atoms with Crippen molar-refractivity contribution in [1.29, 1.82) is 0 Å². The maximum Gasteiger partial charge on any atom is 0.270 e. The molecule has 1 aromatic rings. The Balaban J connectivity index is 1.71. The van der Waals surface area contributed by atoms with E-state index >= 15 is 0 Å². The molecule has 23 heavy (non-hydrogen) atoms. The normalized spacial score (nSPS) is 22.1. The maximum absolute atomic E-state index is 12.6. The van der Waals surface area contributed by atoms with Gasteiger partial charge in [-0.3, -0.25) is 9.59 Å². The molecule has 0 radical (unpaired) electrons. The number of amides is 2. The SMILES string of the molecule is CN1N=C(C(=O)N2CCOC(c3ccc(Cl)cc3)C2)CCC1=O. The number of hydrazone groups is 1. The van der Waals surface area contributed by atoms with Gasteiger partial charge in [-0.15, -0.1) is 0 Å². The van der Waals surface area contributed by atoms with Gasteiger partial charge in [0.15, 0.2) is 0 Å². The molecule has 6 nitrogen and oxygen atoms in total. The van der Waals surface area contributed by atoms with Crippen molar-refractivity contribution in [2.24, 2.45) is 5.10 Å². The van der Waals surface area contributed by atoms with Crippen LogP contribution in [0.25, 0.3) is 0 Å². The van der Waals surface area contributed by atoms with Crippen LogP contribution in [0.4, 0.5) is 0 Å². The van der Waals surface area contributed by atoms with Gasteiger partial charge in [0.25, 0.3) is 5.91 Å². The summed E-state index contributed by atoms with van der Waals surface area (Å²) < 4.78 is 5.77. The Morgan fingerprint density at radius 2 is 2.04 bits per heavy atom. The van der Waals surface area contributed by atoms with Crippen LogP contribution in [0.1, 0.15) is 24.5 Å². The molecule has 7 heteroatoms. The van der Waals surface area contributed by atoms with E-state index in [9.17, 15) is 9.59 Å². The third-order valence-corrected chi connectivity index (χ3v) is 4.30. The molecule has 3 rings (SSSR count). The van der Waals surface area contributed by atoms with Crippen LogP contribution in [0, 0.1) is 0 Å². The number of benzene rings is 1. The zero-order valence-electron chi connectivity index (χ0n) is 12.9. The highest BCUT2D eigenvalue weighted by Crippen LogP contribution is 2.24. The second-order valence-electron chi connectivity index (χ2n) is 5.63. The van der Waals surface area contributed by atoms with Crippen molar-refractivity contribution in [3.05, 3.63) is 34.9 Å². The van der Waals surface area contributed by atoms with Gasteiger partial charge >= 0.3 is 0 Å². The standard InChI is InChI=1S/C16H18ClN3O3/c1-19-15(21)7-6-13(18-19)16(22)20-8-9-23-14(10-20)11-2-4-12(17)5-3-11/h2-5,14H,6-10H2,1H3. The first-order valence-corrected chi connectivity index (χ1v) is 7.93. The van der Waals surface area contributed by atoms with Crippen molar-refractivity contribution in [3.63, 3.8) is 0 Å². The number of morpholine rings is 1. The van der Waals surface area contributed by atoms with Crippen molar-refractivity contribution >= 4 is 29.1 Å². The van der Waals surface area contributed by atoms with E-state index in [0.717, 1.165) is 5.56 Å². The Kier molecular flexibility index (Phi) is 4.63. The summed E-state index contributed by atoms with van der Waals surface area (Å²) in [6, 6.07) is 7.44. The largest absolute Gasteiger partial charge is 0.370 e. The molecule has 0 spiro atoms. The molecule has 1 atom stereocenters. The predicted molar refractivity (Wildman–Crippen MR) is 86.2 cm³/mol. The zero-order valence-corrected chi connectivity index (χ0v) is 13.6. The van der Waals surface area contributed by atoms with E-state index in [1.54, 1.807) is 11.9 Å². The van der Waals surface area contributed by atoms with E-state index in [1.807, 2.05) is 24.3 Å². The summed E-state index contributed by atoms with van der Waals surface area (Å²) in [5.74, 6) is -0.186. The van der Waals surface area contributed by atoms with Crippen LogP contribution >= 0.6 is 11.6 Å². The number of ether oxygens (including phenoxy) is 1. The number of nitrogens with zero attached hydrogens (tertiary/aromatic N) is 3. The topological polar surface area (TPSA) is 62.2 Å². The molecule has 0 bridgehead atoms. The summed E-state index contributed by atoms with van der Waals surface area (Å²) >= 11 is 5.90. The number of carbonyl (C=O) groups is 2. The molecule has 0 aliphatic carbocycles. The fourth-order valence-electron chi connectivity index (χ4n) is 2.72. The van der Waals surface area contributed by atoms with Gasteiger partial charge in [-0.05, 0) is 17.7 Å². The first-order valence-electron chi connectivity index (χ1n) is 7.55. The zero-order chi connectivity index (χ0) is 16.4. The molecule has 0 N–H and O–H groups in total. The molecule has 2 heterocycles. The van der Waals surface area contributed by atoms with Crippen LogP contribution in [0.15, 0.2) is 29.4 Å². The minimum Gasteiger partial charge on any atom is -0.370 e. The third-order valence-electron chi connectivity index (χ3n) is 4.05. The first-order chi connectivity index (χ1) is 11.0. The van der Waals surface area contributed by atoms with Gasteiger partial charge < -0.3 is 9.64 Å². The van der Waals surface area contributed by atoms with Gasteiger partial charge in [0.1, 0.15) is 11.8 Å². The monoisotopic (exact) mass is 335 g/mol. The van der Waals surface area contributed by atoms with Gasteiger partial charge in [-0.25, -0.2) is 5.01 Å². The summed E-state index contributed by atoms with van der Waals surface area (Å²) in [6.45, 7) is 1.47. The fraction of sp³-hybridized carbons (Fsp3) is 0.438. The summed E-state index contributed by atoms with van der Waals surface area (Å²) in [5.41, 5.74) is 1.42. The van der Waals surface area contributed by atoms with E-state index in [-0.39, 0.29) is 17.9 Å². The van der Waals surface area contributed by atoms with E-state index in [0.29, 0.717) is 43.3 Å². The molecule has 0 aromatic heterocycles. The second-order valence-corrected chi connectivity index (χ2v) is 6.06. The lowest BCUT2D eigenvalue weighted by molar-refractivity contribution is -0.133. The number of halogens is 1. The molecule has 1 unspecified atom stereocenters. The molecule has 1 fully saturated rings. The second kappa shape index (κ2) is 6.68. The minimum atomic E-state index is -0.173. The Labute approximate surface area is 139 Å². The maximum atomic E-state index is 12.6. The molecule has 2 aliphatic heterocycles. The van der Waals surface area contributed by atoms with Crippen molar-refractivity contribution in [3.8, 4) is 0 Å². The smallest absolute Gasteiger partial charge is 0.270 e. The van der Waals surface area contributed by atoms with Crippen molar-refractivity contribution in [1.82, 2.24) is 9.91 Å². The van der Waals surface area contributed by atoms with Gasteiger partial charge in [0, 0.05) is 31.5 Å². The molecule has 1 saturated heterocycles. The predicted octanol–water partition coefficient (Wildman–Crippen LogP) is 1.85. The lowest BCUT2D eigenvalue weighted by atomic mass is 10.1. The van der Waals surface area contributed by atoms with E-state index in [2.05, 4.69) is 5.10 Å². The van der Waals surface area contributed by atoms with Crippen LogP contribution in [-0.4, -0.2) is 54.2 Å².